The number of hydrogen-bond acceptors (Lipinski definition) is 3. The second-order valence-corrected chi connectivity index (χ2v) is 6.67. The summed E-state index contributed by atoms with van der Waals surface area (Å²) >= 11 is 1.54. The first kappa shape index (κ1) is 12.9. The maximum absolute atomic E-state index is 13.1. The van der Waals surface area contributed by atoms with Gasteiger partial charge in [0.25, 0.3) is 0 Å². The van der Waals surface area contributed by atoms with Crippen LogP contribution in [0.1, 0.15) is 32.6 Å². The summed E-state index contributed by atoms with van der Waals surface area (Å²) in [5, 5.41) is 4.34. The van der Waals surface area contributed by atoms with E-state index in [0.29, 0.717) is 0 Å². The smallest absolute Gasteiger partial charge is 0.183 e. The molecule has 4 heteroatoms. The van der Waals surface area contributed by atoms with Gasteiger partial charge < -0.3 is 5.32 Å². The molecule has 3 rings (SSSR count). The number of nitrogens with one attached hydrogen (secondary N) is 1. The maximum Gasteiger partial charge on any atom is 0.183 e. The highest BCUT2D eigenvalue weighted by Crippen LogP contribution is 2.30. The minimum Gasteiger partial charge on any atom is -0.361 e. The largest absolute Gasteiger partial charge is 0.361 e. The van der Waals surface area contributed by atoms with Gasteiger partial charge in [0.2, 0.25) is 0 Å². The predicted molar refractivity (Wildman–Crippen MR) is 79.2 cm³/mol. The number of benzene rings is 1. The molecule has 1 aliphatic carbocycles. The molecule has 0 bridgehead atoms. The van der Waals surface area contributed by atoms with Crippen LogP contribution in [0.2, 0.25) is 0 Å². The summed E-state index contributed by atoms with van der Waals surface area (Å²) in [5.41, 5.74) is 0.881. The Bertz CT molecular complexity index is 558. The molecule has 0 atom stereocenters. The topological polar surface area (TPSA) is 24.9 Å². The van der Waals surface area contributed by atoms with Crippen molar-refractivity contribution in [3.8, 4) is 0 Å². The average Bonchev–Trinajstić information content (AvgIpc) is 2.80. The highest BCUT2D eigenvalue weighted by Gasteiger charge is 2.18. The van der Waals surface area contributed by atoms with Crippen molar-refractivity contribution in [3.63, 3.8) is 0 Å². The van der Waals surface area contributed by atoms with Crippen LogP contribution in [0.5, 0.6) is 0 Å². The van der Waals surface area contributed by atoms with Crippen LogP contribution in [-0.2, 0) is 0 Å². The first-order valence-corrected chi connectivity index (χ1v) is 7.82. The van der Waals surface area contributed by atoms with Crippen LogP contribution < -0.4 is 5.32 Å². The number of hydrogen-bond donors (Lipinski definition) is 1. The van der Waals surface area contributed by atoms with Crippen LogP contribution in [0.4, 0.5) is 9.52 Å². The predicted octanol–water partition coefficient (Wildman–Crippen LogP) is 4.67. The van der Waals surface area contributed by atoms with Crippen LogP contribution in [0.15, 0.2) is 18.2 Å². The van der Waals surface area contributed by atoms with Crippen LogP contribution in [0, 0.1) is 17.7 Å². The molecule has 2 aromatic rings. The van der Waals surface area contributed by atoms with Crippen LogP contribution in [0.25, 0.3) is 10.2 Å². The molecule has 1 aromatic heterocycles. The minimum absolute atomic E-state index is 0.191. The zero-order valence-corrected chi connectivity index (χ0v) is 12.0. The maximum atomic E-state index is 13.1. The summed E-state index contributed by atoms with van der Waals surface area (Å²) in [6.45, 7) is 3.33. The second kappa shape index (κ2) is 5.45. The highest BCUT2D eigenvalue weighted by molar-refractivity contribution is 7.22. The van der Waals surface area contributed by atoms with Gasteiger partial charge in [-0.3, -0.25) is 0 Å². The molecule has 0 saturated heterocycles. The van der Waals surface area contributed by atoms with E-state index in [1.165, 1.54) is 43.1 Å². The Balaban J connectivity index is 1.62. The van der Waals surface area contributed by atoms with Gasteiger partial charge in [-0.2, -0.15) is 0 Å². The quantitative estimate of drug-likeness (QED) is 0.882. The molecule has 102 valence electrons. The monoisotopic (exact) mass is 278 g/mol. The Hall–Kier alpha value is -1.16. The van der Waals surface area contributed by atoms with E-state index in [1.807, 2.05) is 0 Å². The van der Waals surface area contributed by atoms with Gasteiger partial charge in [-0.1, -0.05) is 31.1 Å². The summed E-state index contributed by atoms with van der Waals surface area (Å²) in [4.78, 5) is 4.49. The zero-order chi connectivity index (χ0) is 13.2. The number of anilines is 1. The van der Waals surface area contributed by atoms with E-state index in [-0.39, 0.29) is 5.82 Å². The molecule has 0 radical (unpaired) electrons. The number of nitrogens with zero attached hydrogens (tertiary/aromatic N) is 1. The fourth-order valence-corrected chi connectivity index (χ4v) is 3.64. The average molecular weight is 278 g/mol. The van der Waals surface area contributed by atoms with Gasteiger partial charge in [0.1, 0.15) is 5.82 Å². The van der Waals surface area contributed by atoms with Gasteiger partial charge in [-0.05, 0) is 42.9 Å². The van der Waals surface area contributed by atoms with Crippen molar-refractivity contribution in [1.82, 2.24) is 4.98 Å². The normalized spacial score (nSPS) is 23.7. The van der Waals surface area contributed by atoms with E-state index < -0.39 is 0 Å². The molecule has 1 aliphatic rings. The summed E-state index contributed by atoms with van der Waals surface area (Å²) in [5.74, 6) is 1.46. The van der Waals surface area contributed by atoms with Gasteiger partial charge in [0, 0.05) is 6.54 Å². The second-order valence-electron chi connectivity index (χ2n) is 5.64. The first-order valence-electron chi connectivity index (χ1n) is 7.00. The molecule has 0 unspecified atom stereocenters. The van der Waals surface area contributed by atoms with E-state index in [1.54, 1.807) is 12.1 Å². The molecule has 1 fully saturated rings. The molecule has 0 aliphatic heterocycles. The van der Waals surface area contributed by atoms with Crippen LogP contribution >= 0.6 is 11.3 Å². The number of fused-ring (bicyclic) bond motifs is 1. The molecule has 19 heavy (non-hydrogen) atoms. The number of halogens is 1. The molecule has 1 aromatic carbocycles. The Morgan fingerprint density at radius 3 is 2.89 bits per heavy atom. The Labute approximate surface area is 117 Å². The van der Waals surface area contributed by atoms with Crippen LogP contribution in [-0.4, -0.2) is 11.5 Å². The standard InChI is InChI=1S/C15H19FN2S/c1-10-2-4-11(5-3-10)9-17-15-18-13-7-6-12(16)8-14(13)19-15/h6-8,10-11H,2-5,9H2,1H3,(H,17,18). The summed E-state index contributed by atoms with van der Waals surface area (Å²) in [7, 11) is 0. The number of rotatable bonds is 3. The third-order valence-electron chi connectivity index (χ3n) is 4.03. The molecule has 1 N–H and O–H groups in total. The SMILES string of the molecule is CC1CCC(CNc2nc3ccc(F)cc3s2)CC1. The lowest BCUT2D eigenvalue weighted by Crippen LogP contribution is -2.20. The molecule has 1 saturated carbocycles. The summed E-state index contributed by atoms with van der Waals surface area (Å²) < 4.78 is 14.0. The lowest BCUT2D eigenvalue weighted by atomic mass is 9.83. The summed E-state index contributed by atoms with van der Waals surface area (Å²) in [6, 6.07) is 4.77. The van der Waals surface area contributed by atoms with Crippen molar-refractivity contribution >= 4 is 26.7 Å². The lowest BCUT2D eigenvalue weighted by molar-refractivity contribution is 0.300. The highest BCUT2D eigenvalue weighted by atomic mass is 32.1. The molecule has 1 heterocycles. The third kappa shape index (κ3) is 3.06. The fourth-order valence-electron chi connectivity index (χ4n) is 2.74. The van der Waals surface area contributed by atoms with Crippen molar-refractivity contribution in [2.45, 2.75) is 32.6 Å². The Morgan fingerprint density at radius 1 is 1.32 bits per heavy atom. The summed E-state index contributed by atoms with van der Waals surface area (Å²) in [6.07, 6.45) is 5.32. The van der Waals surface area contributed by atoms with Gasteiger partial charge >= 0.3 is 0 Å². The zero-order valence-electron chi connectivity index (χ0n) is 11.2. The first-order chi connectivity index (χ1) is 9.20. The molecule has 2 nitrogen and oxygen atoms in total. The Kier molecular flexibility index (Phi) is 3.69. The van der Waals surface area contributed by atoms with Crippen molar-refractivity contribution < 1.29 is 4.39 Å². The van der Waals surface area contributed by atoms with E-state index in [0.717, 1.165) is 33.7 Å². The van der Waals surface area contributed by atoms with Gasteiger partial charge in [-0.15, -0.1) is 0 Å². The van der Waals surface area contributed by atoms with Gasteiger partial charge in [-0.25, -0.2) is 9.37 Å². The van der Waals surface area contributed by atoms with Crippen molar-refractivity contribution in [1.29, 1.82) is 0 Å². The van der Waals surface area contributed by atoms with Crippen LogP contribution in [0.3, 0.4) is 0 Å². The minimum atomic E-state index is -0.191. The molecule has 0 amide bonds. The van der Waals surface area contributed by atoms with Crippen molar-refractivity contribution in [2.75, 3.05) is 11.9 Å². The fraction of sp³-hybridized carbons (Fsp3) is 0.533. The van der Waals surface area contributed by atoms with Gasteiger partial charge in [0.15, 0.2) is 5.13 Å². The third-order valence-corrected chi connectivity index (χ3v) is 5.00. The van der Waals surface area contributed by atoms with E-state index in [9.17, 15) is 4.39 Å². The van der Waals surface area contributed by atoms with E-state index in [4.69, 9.17) is 0 Å². The van der Waals surface area contributed by atoms with Gasteiger partial charge in [0.05, 0.1) is 10.2 Å². The molecular weight excluding hydrogens is 259 g/mol. The van der Waals surface area contributed by atoms with E-state index in [2.05, 4.69) is 17.2 Å². The lowest BCUT2D eigenvalue weighted by Gasteiger charge is -2.26. The number of thiazole rings is 1. The van der Waals surface area contributed by atoms with Crippen molar-refractivity contribution in [2.24, 2.45) is 11.8 Å². The van der Waals surface area contributed by atoms with E-state index >= 15 is 0 Å². The van der Waals surface area contributed by atoms with Crippen molar-refractivity contribution in [3.05, 3.63) is 24.0 Å². The number of aromatic nitrogens is 1. The Morgan fingerprint density at radius 2 is 2.11 bits per heavy atom. The molecule has 0 spiro atoms. The molecular formula is C15H19FN2S.